The first kappa shape index (κ1) is 22.3. The van der Waals surface area contributed by atoms with Gasteiger partial charge >= 0.3 is 0 Å². The highest BCUT2D eigenvalue weighted by Gasteiger charge is 2.42. The summed E-state index contributed by atoms with van der Waals surface area (Å²) in [6.07, 6.45) is -1.66. The Kier molecular flexibility index (Phi) is 4.11. The fourth-order valence-corrected chi connectivity index (χ4v) is 7.58. The molecule has 3 nitrogen and oxygen atoms in total. The average molecular weight is 546 g/mol. The van der Waals surface area contributed by atoms with Crippen LogP contribution < -0.4 is 16.4 Å². The molecule has 42 heavy (non-hydrogen) atoms. The van der Waals surface area contributed by atoms with Crippen molar-refractivity contribution in [3.05, 3.63) is 96.2 Å². The molecule has 0 saturated carbocycles. The molecule has 204 valence electrons. The number of nitrogens with zero attached hydrogens (tertiary/aromatic N) is 3. The number of fused-ring (bicyclic) bond motifs is 9. The first-order valence-electron chi connectivity index (χ1n) is 16.0. The van der Waals surface area contributed by atoms with Gasteiger partial charge in [0.25, 0.3) is 6.71 Å². The molecule has 0 aliphatic carbocycles. The summed E-state index contributed by atoms with van der Waals surface area (Å²) in [5, 5.41) is 10.9. The largest absolute Gasteiger partial charge is 0.310 e. The highest BCUT2D eigenvalue weighted by atomic mass is 15.3. The summed E-state index contributed by atoms with van der Waals surface area (Å²) in [5.41, 5.74) is 10.5. The highest BCUT2D eigenvalue weighted by molar-refractivity contribution is 7.00. The smallest absolute Gasteiger partial charge is 0.252 e. The monoisotopic (exact) mass is 545 g/mol. The van der Waals surface area contributed by atoms with E-state index in [0.717, 1.165) is 27.4 Å². The van der Waals surface area contributed by atoms with Gasteiger partial charge in [0.1, 0.15) is 0 Å². The summed E-state index contributed by atoms with van der Waals surface area (Å²) in [5.74, 6) is 0. The molecule has 2 aromatic heterocycles. The molecular weight excluding hydrogens is 509 g/mol. The van der Waals surface area contributed by atoms with Crippen molar-refractivity contribution < 1.29 is 2.74 Å². The zero-order valence-corrected chi connectivity index (χ0v) is 25.0. The van der Waals surface area contributed by atoms with Gasteiger partial charge in [0.05, 0.1) is 22.4 Å². The van der Waals surface area contributed by atoms with Gasteiger partial charge in [-0.2, -0.15) is 5.10 Å². The lowest BCUT2D eigenvalue weighted by atomic mass is 9.34. The van der Waals surface area contributed by atoms with E-state index in [-0.39, 0.29) is 12.1 Å². The van der Waals surface area contributed by atoms with Crippen LogP contribution in [0.3, 0.4) is 0 Å². The van der Waals surface area contributed by atoms with E-state index < -0.39 is 11.8 Å². The molecule has 2 aliphatic rings. The van der Waals surface area contributed by atoms with Gasteiger partial charge in [-0.3, -0.25) is 0 Å². The Labute approximate surface area is 249 Å². The van der Waals surface area contributed by atoms with Crippen LogP contribution in [0, 0.1) is 5.41 Å². The molecular formula is C38H34BN3. The third kappa shape index (κ3) is 3.05. The van der Waals surface area contributed by atoms with Crippen LogP contribution in [0.5, 0.6) is 0 Å². The minimum Gasteiger partial charge on any atom is -0.310 e. The second-order valence-corrected chi connectivity index (χ2v) is 14.3. The Morgan fingerprint density at radius 2 is 1.45 bits per heavy atom. The van der Waals surface area contributed by atoms with Gasteiger partial charge in [0.15, 0.2) is 0 Å². The van der Waals surface area contributed by atoms with Crippen LogP contribution in [0.2, 0.25) is 0 Å². The molecule has 0 fully saturated rings. The van der Waals surface area contributed by atoms with Gasteiger partial charge in [0.2, 0.25) is 0 Å². The van der Waals surface area contributed by atoms with Crippen LogP contribution in [0.1, 0.15) is 55.5 Å². The summed E-state index contributed by atoms with van der Waals surface area (Å²) < 4.78 is 23.5. The zero-order chi connectivity index (χ0) is 30.5. The second kappa shape index (κ2) is 7.75. The summed E-state index contributed by atoms with van der Waals surface area (Å²) in [7, 11) is 0. The van der Waals surface area contributed by atoms with E-state index in [2.05, 4.69) is 115 Å². The molecule has 0 amide bonds. The maximum Gasteiger partial charge on any atom is 0.252 e. The summed E-state index contributed by atoms with van der Waals surface area (Å²) >= 11 is 0. The van der Waals surface area contributed by atoms with Crippen molar-refractivity contribution in [2.45, 2.75) is 53.3 Å². The average Bonchev–Trinajstić information content (AvgIpc) is 3.55. The van der Waals surface area contributed by atoms with Crippen LogP contribution in [0.4, 0.5) is 0 Å². The summed E-state index contributed by atoms with van der Waals surface area (Å²) in [4.78, 5) is 0. The number of aromatic nitrogens is 3. The lowest BCUT2D eigenvalue weighted by molar-refractivity contribution is 0.406. The van der Waals surface area contributed by atoms with E-state index in [1.807, 2.05) is 20.8 Å². The molecule has 0 atom stereocenters. The van der Waals surface area contributed by atoms with Crippen molar-refractivity contribution >= 4 is 66.6 Å². The number of hydrogen-bond donors (Lipinski definition) is 0. The molecule has 5 aromatic carbocycles. The van der Waals surface area contributed by atoms with Crippen molar-refractivity contribution in [2.75, 3.05) is 0 Å². The normalized spacial score (nSPS) is 15.0. The quantitative estimate of drug-likeness (QED) is 0.199. The first-order valence-corrected chi connectivity index (χ1v) is 15.0. The van der Waals surface area contributed by atoms with Crippen LogP contribution in [0.25, 0.3) is 54.9 Å². The van der Waals surface area contributed by atoms with Crippen LogP contribution in [-0.2, 0) is 11.8 Å². The Hall–Kier alpha value is -4.31. The van der Waals surface area contributed by atoms with E-state index in [1.54, 1.807) is 0 Å². The fraction of sp³-hybridized carbons (Fsp3) is 0.237. The molecule has 2 aliphatic heterocycles. The maximum absolute atomic E-state index is 9.48. The molecule has 4 heterocycles. The molecule has 0 radical (unpaired) electrons. The van der Waals surface area contributed by atoms with Gasteiger partial charge in [0, 0.05) is 30.1 Å². The van der Waals surface area contributed by atoms with Crippen molar-refractivity contribution in [2.24, 2.45) is 5.41 Å². The Balaban J connectivity index is 1.55. The van der Waals surface area contributed by atoms with Crippen molar-refractivity contribution in [1.82, 2.24) is 14.3 Å². The van der Waals surface area contributed by atoms with Crippen LogP contribution in [-0.4, -0.2) is 21.1 Å². The number of hydrogen-bond acceptors (Lipinski definition) is 1. The fourth-order valence-electron chi connectivity index (χ4n) is 7.58. The number of para-hydroxylation sites is 2. The topological polar surface area (TPSA) is 22.8 Å². The molecule has 0 spiro atoms. The van der Waals surface area contributed by atoms with E-state index >= 15 is 0 Å². The first-order chi connectivity index (χ1) is 20.9. The number of rotatable bonds is 1. The molecule has 9 rings (SSSR count). The summed E-state index contributed by atoms with van der Waals surface area (Å²) in [6, 6.07) is 31.0. The molecule has 0 bridgehead atoms. The number of benzene rings is 5. The van der Waals surface area contributed by atoms with E-state index in [4.69, 9.17) is 5.10 Å². The van der Waals surface area contributed by atoms with Crippen molar-refractivity contribution in [1.29, 1.82) is 0 Å². The van der Waals surface area contributed by atoms with Gasteiger partial charge in [-0.1, -0.05) is 108 Å². The third-order valence-corrected chi connectivity index (χ3v) is 9.30. The molecule has 0 unspecified atom stereocenters. The third-order valence-electron chi connectivity index (χ3n) is 9.30. The van der Waals surface area contributed by atoms with E-state index in [0.29, 0.717) is 5.69 Å². The minimum absolute atomic E-state index is 0.000749. The predicted octanol–water partition coefficient (Wildman–Crippen LogP) is 7.30. The lowest BCUT2D eigenvalue weighted by Crippen LogP contribution is -2.59. The molecule has 4 heteroatoms. The standard InChI is InChI=1S/C38H34BN3/c1-37(2,3)21-29-33-24-13-8-7-12-22(24)18-28-36(33)42(40-29)32-20-23(38(4,5)6)19-31-34(32)39(28)27-16-11-15-26-25-14-9-10-17-30(25)41(31)35(26)27/h7-20H,21H2,1-6H3/i21D2. The van der Waals surface area contributed by atoms with Crippen molar-refractivity contribution in [3.63, 3.8) is 0 Å². The van der Waals surface area contributed by atoms with Gasteiger partial charge in [-0.25, -0.2) is 4.68 Å². The van der Waals surface area contributed by atoms with E-state index in [1.165, 1.54) is 49.4 Å². The van der Waals surface area contributed by atoms with E-state index in [9.17, 15) is 2.74 Å². The van der Waals surface area contributed by atoms with Gasteiger partial charge < -0.3 is 4.57 Å². The Morgan fingerprint density at radius 3 is 2.24 bits per heavy atom. The zero-order valence-electron chi connectivity index (χ0n) is 27.0. The van der Waals surface area contributed by atoms with Gasteiger partial charge in [-0.05, 0) is 68.1 Å². The van der Waals surface area contributed by atoms with Crippen LogP contribution in [0.15, 0.2) is 84.9 Å². The van der Waals surface area contributed by atoms with Crippen LogP contribution >= 0.6 is 0 Å². The SMILES string of the molecule is [2H]C([2H])(c1nn2c3c(cc4ccccc4c13)B1c3c-2cc(C(C)(C)C)cc3-n2c3ccccc3c3cccc1c32)C(C)(C)C. The Bertz CT molecular complexity index is 2400. The van der Waals surface area contributed by atoms with Crippen molar-refractivity contribution in [3.8, 4) is 11.4 Å². The Morgan fingerprint density at radius 1 is 0.738 bits per heavy atom. The molecule has 0 N–H and O–H groups in total. The maximum atomic E-state index is 9.48. The summed E-state index contributed by atoms with van der Waals surface area (Å²) in [6.45, 7) is 12.7. The highest BCUT2D eigenvalue weighted by Crippen LogP contribution is 2.40. The minimum atomic E-state index is -1.66. The predicted molar refractivity (Wildman–Crippen MR) is 179 cm³/mol. The lowest BCUT2D eigenvalue weighted by Gasteiger charge is -2.34. The molecule has 0 saturated heterocycles. The molecule has 7 aromatic rings. The second-order valence-electron chi connectivity index (χ2n) is 14.3. The van der Waals surface area contributed by atoms with Gasteiger partial charge in [-0.15, -0.1) is 0 Å².